The Hall–Kier alpha value is -2.17. The van der Waals surface area contributed by atoms with Crippen LogP contribution in [0, 0.1) is 12.8 Å². The summed E-state index contributed by atoms with van der Waals surface area (Å²) in [6, 6.07) is 8.22. The molecule has 1 aromatic heterocycles. The molecule has 0 bridgehead atoms. The van der Waals surface area contributed by atoms with Gasteiger partial charge >= 0.3 is 0 Å². The fourth-order valence-electron chi connectivity index (χ4n) is 2.66. The highest BCUT2D eigenvalue weighted by Crippen LogP contribution is 2.31. The van der Waals surface area contributed by atoms with Gasteiger partial charge in [0.2, 0.25) is 17.6 Å². The average molecular weight is 313 g/mol. The van der Waals surface area contributed by atoms with Crippen LogP contribution in [0.15, 0.2) is 28.8 Å². The first-order valence-corrected chi connectivity index (χ1v) is 8.24. The fourth-order valence-corrected chi connectivity index (χ4v) is 2.66. The van der Waals surface area contributed by atoms with Crippen LogP contribution in [0.2, 0.25) is 0 Å². The first kappa shape index (κ1) is 15.7. The van der Waals surface area contributed by atoms with Crippen LogP contribution < -0.4 is 0 Å². The van der Waals surface area contributed by atoms with Gasteiger partial charge in [-0.25, -0.2) is 0 Å². The van der Waals surface area contributed by atoms with E-state index in [1.807, 2.05) is 49.9 Å². The third-order valence-electron chi connectivity index (χ3n) is 4.14. The molecule has 1 heterocycles. The Kier molecular flexibility index (Phi) is 4.46. The van der Waals surface area contributed by atoms with E-state index in [0.29, 0.717) is 24.7 Å². The van der Waals surface area contributed by atoms with Crippen LogP contribution in [-0.2, 0) is 11.2 Å². The van der Waals surface area contributed by atoms with Crippen molar-refractivity contribution < 1.29 is 9.32 Å². The lowest BCUT2D eigenvalue weighted by molar-refractivity contribution is -0.134. The summed E-state index contributed by atoms with van der Waals surface area (Å²) in [5, 5.41) is 4.05. The van der Waals surface area contributed by atoms with E-state index in [0.717, 1.165) is 24.0 Å². The molecular weight excluding hydrogens is 290 g/mol. The minimum Gasteiger partial charge on any atom is -0.340 e. The molecule has 2 aromatic rings. The molecule has 1 aliphatic rings. The Bertz CT molecular complexity index is 689. The molecule has 5 heteroatoms. The highest BCUT2D eigenvalue weighted by molar-refractivity contribution is 5.81. The van der Waals surface area contributed by atoms with Crippen molar-refractivity contribution in [3.8, 4) is 11.4 Å². The number of rotatable bonds is 6. The van der Waals surface area contributed by atoms with Gasteiger partial charge in [-0.1, -0.05) is 28.9 Å². The van der Waals surface area contributed by atoms with Crippen molar-refractivity contribution in [1.82, 2.24) is 15.0 Å². The van der Waals surface area contributed by atoms with E-state index in [2.05, 4.69) is 10.1 Å². The summed E-state index contributed by atoms with van der Waals surface area (Å²) < 4.78 is 5.35. The zero-order valence-corrected chi connectivity index (χ0v) is 14.0. The molecule has 3 rings (SSSR count). The number of aromatic nitrogens is 2. The van der Waals surface area contributed by atoms with E-state index in [1.165, 1.54) is 0 Å². The summed E-state index contributed by atoms with van der Waals surface area (Å²) in [7, 11) is 0. The van der Waals surface area contributed by atoms with Crippen LogP contribution in [-0.4, -0.2) is 33.5 Å². The molecule has 122 valence electrons. The second-order valence-corrected chi connectivity index (χ2v) is 6.53. The molecule has 0 saturated heterocycles. The maximum absolute atomic E-state index is 12.3. The average Bonchev–Trinajstić information content (AvgIpc) is 3.26. The molecule has 0 aliphatic heterocycles. The molecule has 0 atom stereocenters. The number of benzene rings is 1. The van der Waals surface area contributed by atoms with Gasteiger partial charge in [0.05, 0.1) is 0 Å². The lowest BCUT2D eigenvalue weighted by atomic mass is 10.1. The number of nitrogens with zero attached hydrogens (tertiary/aromatic N) is 3. The smallest absolute Gasteiger partial charge is 0.228 e. The van der Waals surface area contributed by atoms with E-state index in [9.17, 15) is 4.79 Å². The SMILES string of the molecule is Cc1cccc(-c2noc(CCN(C(=O)C3CC3)C(C)C)n2)c1. The number of amides is 1. The van der Waals surface area contributed by atoms with E-state index in [1.54, 1.807) is 0 Å². The van der Waals surface area contributed by atoms with Gasteiger partial charge in [-0.05, 0) is 39.7 Å². The second kappa shape index (κ2) is 6.52. The van der Waals surface area contributed by atoms with Crippen molar-refractivity contribution in [3.05, 3.63) is 35.7 Å². The molecule has 0 radical (unpaired) electrons. The van der Waals surface area contributed by atoms with Crippen molar-refractivity contribution in [1.29, 1.82) is 0 Å². The third kappa shape index (κ3) is 3.78. The quantitative estimate of drug-likeness (QED) is 0.821. The lowest BCUT2D eigenvalue weighted by Gasteiger charge is -2.26. The third-order valence-corrected chi connectivity index (χ3v) is 4.14. The standard InChI is InChI=1S/C18H23N3O2/c1-12(2)21(18(22)14-7-8-14)10-9-16-19-17(20-23-16)15-6-4-5-13(3)11-15/h4-6,11-12,14H,7-10H2,1-3H3. The predicted molar refractivity (Wildman–Crippen MR) is 87.7 cm³/mol. The van der Waals surface area contributed by atoms with Crippen molar-refractivity contribution >= 4 is 5.91 Å². The van der Waals surface area contributed by atoms with Gasteiger partial charge in [0.1, 0.15) is 0 Å². The molecule has 0 spiro atoms. The largest absolute Gasteiger partial charge is 0.340 e. The number of hydrogen-bond acceptors (Lipinski definition) is 4. The van der Waals surface area contributed by atoms with Gasteiger partial charge in [0.15, 0.2) is 0 Å². The van der Waals surface area contributed by atoms with Gasteiger partial charge in [-0.2, -0.15) is 4.98 Å². The first-order chi connectivity index (χ1) is 11.0. The van der Waals surface area contributed by atoms with Crippen LogP contribution in [0.5, 0.6) is 0 Å². The highest BCUT2D eigenvalue weighted by Gasteiger charge is 2.34. The monoisotopic (exact) mass is 313 g/mol. The van der Waals surface area contributed by atoms with E-state index in [-0.39, 0.29) is 17.9 Å². The van der Waals surface area contributed by atoms with Gasteiger partial charge < -0.3 is 9.42 Å². The summed E-state index contributed by atoms with van der Waals surface area (Å²) in [4.78, 5) is 18.7. The van der Waals surface area contributed by atoms with Gasteiger partial charge in [-0.15, -0.1) is 0 Å². The lowest BCUT2D eigenvalue weighted by Crippen LogP contribution is -2.39. The van der Waals surface area contributed by atoms with Gasteiger partial charge in [0, 0.05) is 30.5 Å². The van der Waals surface area contributed by atoms with Crippen molar-refractivity contribution in [3.63, 3.8) is 0 Å². The summed E-state index contributed by atoms with van der Waals surface area (Å²) in [5.41, 5.74) is 2.12. The van der Waals surface area contributed by atoms with Crippen molar-refractivity contribution in [2.45, 2.75) is 46.1 Å². The van der Waals surface area contributed by atoms with E-state index in [4.69, 9.17) is 4.52 Å². The predicted octanol–water partition coefficient (Wildman–Crippen LogP) is 3.23. The second-order valence-electron chi connectivity index (χ2n) is 6.53. The highest BCUT2D eigenvalue weighted by atomic mass is 16.5. The molecule has 1 amide bonds. The molecule has 0 unspecified atom stereocenters. The molecule has 1 aromatic carbocycles. The number of hydrogen-bond donors (Lipinski definition) is 0. The Morgan fingerprint density at radius 3 is 2.83 bits per heavy atom. The van der Waals surface area contributed by atoms with E-state index < -0.39 is 0 Å². The molecule has 23 heavy (non-hydrogen) atoms. The molecule has 0 N–H and O–H groups in total. The van der Waals surface area contributed by atoms with Crippen LogP contribution in [0.4, 0.5) is 0 Å². The van der Waals surface area contributed by atoms with Crippen molar-refractivity contribution in [2.75, 3.05) is 6.54 Å². The zero-order valence-electron chi connectivity index (χ0n) is 14.0. The first-order valence-electron chi connectivity index (χ1n) is 8.24. The molecule has 5 nitrogen and oxygen atoms in total. The Labute approximate surface area is 136 Å². The van der Waals surface area contributed by atoms with Crippen molar-refractivity contribution in [2.24, 2.45) is 5.92 Å². The number of carbonyl (C=O) groups excluding carboxylic acids is 1. The summed E-state index contributed by atoms with van der Waals surface area (Å²) in [5.74, 6) is 1.69. The summed E-state index contributed by atoms with van der Waals surface area (Å²) >= 11 is 0. The minimum absolute atomic E-state index is 0.197. The number of carbonyl (C=O) groups is 1. The van der Waals surface area contributed by atoms with Gasteiger partial charge in [0.25, 0.3) is 0 Å². The van der Waals surface area contributed by atoms with E-state index >= 15 is 0 Å². The molecule has 1 fully saturated rings. The fraction of sp³-hybridized carbons (Fsp3) is 0.500. The van der Waals surface area contributed by atoms with Crippen LogP contribution in [0.1, 0.15) is 38.1 Å². The molecule has 1 aliphatic carbocycles. The summed E-state index contributed by atoms with van der Waals surface area (Å²) in [6.45, 7) is 6.76. The zero-order chi connectivity index (χ0) is 16.4. The minimum atomic E-state index is 0.197. The number of aryl methyl sites for hydroxylation is 1. The van der Waals surface area contributed by atoms with Crippen LogP contribution in [0.25, 0.3) is 11.4 Å². The Morgan fingerprint density at radius 1 is 1.39 bits per heavy atom. The Morgan fingerprint density at radius 2 is 2.17 bits per heavy atom. The molecular formula is C18H23N3O2. The maximum Gasteiger partial charge on any atom is 0.228 e. The van der Waals surface area contributed by atoms with Gasteiger partial charge in [-0.3, -0.25) is 4.79 Å². The summed E-state index contributed by atoms with van der Waals surface area (Å²) in [6.07, 6.45) is 2.65. The van der Waals surface area contributed by atoms with Crippen LogP contribution in [0.3, 0.4) is 0 Å². The maximum atomic E-state index is 12.3. The Balaban J connectivity index is 1.65. The molecule has 1 saturated carbocycles. The topological polar surface area (TPSA) is 59.2 Å². The van der Waals surface area contributed by atoms with Crippen LogP contribution >= 0.6 is 0 Å². The normalized spacial score (nSPS) is 14.3.